The average molecular weight is 461 g/mol. The lowest BCUT2D eigenvalue weighted by Gasteiger charge is -2.35. The average Bonchev–Trinajstić information content (AvgIpc) is 3.13. The number of alkyl halides is 3. The number of nitrogens with zero attached hydrogens (tertiary/aromatic N) is 2. The van der Waals surface area contributed by atoms with Gasteiger partial charge in [0.15, 0.2) is 0 Å². The van der Waals surface area contributed by atoms with E-state index in [1.807, 2.05) is 0 Å². The minimum absolute atomic E-state index is 0.0692. The largest absolute Gasteiger partial charge is 0.444 e. The molecule has 0 radical (unpaired) electrons. The van der Waals surface area contributed by atoms with Crippen molar-refractivity contribution in [2.45, 2.75) is 71.3 Å². The number of rotatable bonds is 2. The molecule has 1 aromatic rings. The van der Waals surface area contributed by atoms with E-state index in [2.05, 4.69) is 0 Å². The summed E-state index contributed by atoms with van der Waals surface area (Å²) in [6.07, 6.45) is -3.13. The number of benzene rings is 1. The number of hydrogen-bond donors (Lipinski definition) is 0. The molecule has 2 aliphatic heterocycles. The van der Waals surface area contributed by atoms with Crippen molar-refractivity contribution >= 4 is 23.6 Å². The molecule has 1 saturated heterocycles. The molecule has 0 aromatic heterocycles. The lowest BCUT2D eigenvalue weighted by molar-refractivity contribution is -0.186. The third-order valence-electron chi connectivity index (χ3n) is 5.75. The predicted molar refractivity (Wildman–Crippen MR) is 111 cm³/mol. The summed E-state index contributed by atoms with van der Waals surface area (Å²) in [6.45, 7) is 7.07. The van der Waals surface area contributed by atoms with Gasteiger partial charge >= 0.3 is 12.3 Å². The van der Waals surface area contributed by atoms with Gasteiger partial charge < -0.3 is 14.5 Å². The highest BCUT2D eigenvalue weighted by Gasteiger charge is 2.44. The fourth-order valence-corrected chi connectivity index (χ4v) is 4.44. The van der Waals surface area contributed by atoms with Crippen LogP contribution in [0.5, 0.6) is 0 Å². The summed E-state index contributed by atoms with van der Waals surface area (Å²) in [5, 5.41) is 0.508. The molecule has 9 heteroatoms. The topological polar surface area (TPSA) is 49.9 Å². The van der Waals surface area contributed by atoms with Crippen LogP contribution in [0.3, 0.4) is 0 Å². The van der Waals surface area contributed by atoms with Gasteiger partial charge in [0.25, 0.3) is 0 Å². The SMILES string of the molecule is C[C@H](C(=O)N1CCc2cc(Cl)cc([C@@H]3CCCN3C(=O)OC(C)(C)C)c2C1)C(F)(F)F. The lowest BCUT2D eigenvalue weighted by Crippen LogP contribution is -2.44. The summed E-state index contributed by atoms with van der Waals surface area (Å²) in [5.41, 5.74) is 1.82. The van der Waals surface area contributed by atoms with Crippen molar-refractivity contribution in [3.8, 4) is 0 Å². The Morgan fingerprint density at radius 1 is 1.19 bits per heavy atom. The van der Waals surface area contributed by atoms with Crippen molar-refractivity contribution in [3.05, 3.63) is 33.8 Å². The number of ether oxygens (including phenoxy) is 1. The molecule has 0 unspecified atom stereocenters. The van der Waals surface area contributed by atoms with E-state index in [-0.39, 0.29) is 19.1 Å². The molecule has 2 amide bonds. The highest BCUT2D eigenvalue weighted by Crippen LogP contribution is 2.39. The van der Waals surface area contributed by atoms with Crippen LogP contribution in [0.2, 0.25) is 5.02 Å². The third kappa shape index (κ3) is 5.27. The first-order valence-corrected chi connectivity index (χ1v) is 10.8. The molecular weight excluding hydrogens is 433 g/mol. The number of carbonyl (C=O) groups is 2. The van der Waals surface area contributed by atoms with E-state index in [0.717, 1.165) is 30.0 Å². The molecule has 0 bridgehead atoms. The highest BCUT2D eigenvalue weighted by atomic mass is 35.5. The minimum atomic E-state index is -4.58. The molecule has 0 saturated carbocycles. The van der Waals surface area contributed by atoms with E-state index < -0.39 is 29.7 Å². The first kappa shape index (κ1) is 23.7. The van der Waals surface area contributed by atoms with Crippen molar-refractivity contribution in [2.75, 3.05) is 13.1 Å². The molecule has 2 aliphatic rings. The van der Waals surface area contributed by atoms with Crippen LogP contribution in [0, 0.1) is 5.92 Å². The summed E-state index contributed by atoms with van der Waals surface area (Å²) < 4.78 is 44.8. The Labute approximate surface area is 185 Å². The summed E-state index contributed by atoms with van der Waals surface area (Å²) in [5.74, 6) is -3.00. The quantitative estimate of drug-likeness (QED) is 0.586. The molecular formula is C22H28ClF3N2O3. The summed E-state index contributed by atoms with van der Waals surface area (Å²) in [4.78, 5) is 28.1. The van der Waals surface area contributed by atoms with E-state index >= 15 is 0 Å². The van der Waals surface area contributed by atoms with E-state index in [1.54, 1.807) is 37.8 Å². The second kappa shape index (κ2) is 8.52. The van der Waals surface area contributed by atoms with Gasteiger partial charge in [-0.1, -0.05) is 11.6 Å². The molecule has 1 aromatic carbocycles. The zero-order valence-corrected chi connectivity index (χ0v) is 18.9. The Hall–Kier alpha value is -1.96. The number of carbonyl (C=O) groups excluding carboxylic acids is 2. The van der Waals surface area contributed by atoms with Crippen molar-refractivity contribution in [1.29, 1.82) is 0 Å². The molecule has 0 N–H and O–H groups in total. The van der Waals surface area contributed by atoms with Crippen LogP contribution < -0.4 is 0 Å². The van der Waals surface area contributed by atoms with Crippen LogP contribution in [-0.4, -0.2) is 46.7 Å². The minimum Gasteiger partial charge on any atom is -0.444 e. The van der Waals surface area contributed by atoms with Gasteiger partial charge in [-0.2, -0.15) is 13.2 Å². The Balaban J connectivity index is 1.91. The van der Waals surface area contributed by atoms with Gasteiger partial charge in [-0.3, -0.25) is 4.79 Å². The fourth-order valence-electron chi connectivity index (χ4n) is 4.19. The number of halogens is 4. The fraction of sp³-hybridized carbons (Fsp3) is 0.636. The Kier molecular flexibility index (Phi) is 6.52. The zero-order valence-electron chi connectivity index (χ0n) is 18.2. The van der Waals surface area contributed by atoms with Gasteiger partial charge in [-0.25, -0.2) is 4.79 Å². The van der Waals surface area contributed by atoms with Crippen molar-refractivity contribution in [3.63, 3.8) is 0 Å². The number of amides is 2. The second-order valence-corrected chi connectivity index (χ2v) is 9.67. The van der Waals surface area contributed by atoms with Crippen molar-refractivity contribution < 1.29 is 27.5 Å². The Morgan fingerprint density at radius 3 is 2.48 bits per heavy atom. The highest BCUT2D eigenvalue weighted by molar-refractivity contribution is 6.30. The molecule has 172 valence electrons. The maximum absolute atomic E-state index is 13.1. The smallest absolute Gasteiger partial charge is 0.410 e. The van der Waals surface area contributed by atoms with Crippen molar-refractivity contribution in [1.82, 2.24) is 9.80 Å². The van der Waals surface area contributed by atoms with E-state index in [0.29, 0.717) is 24.4 Å². The zero-order chi connectivity index (χ0) is 23.1. The first-order chi connectivity index (χ1) is 14.3. The van der Waals surface area contributed by atoms with Crippen LogP contribution >= 0.6 is 11.6 Å². The normalized spacial score (nSPS) is 20.5. The van der Waals surface area contributed by atoms with Gasteiger partial charge in [0.1, 0.15) is 11.5 Å². The molecule has 5 nitrogen and oxygen atoms in total. The van der Waals surface area contributed by atoms with Crippen LogP contribution in [0.4, 0.5) is 18.0 Å². The summed E-state index contributed by atoms with van der Waals surface area (Å²) in [7, 11) is 0. The molecule has 0 aliphatic carbocycles. The third-order valence-corrected chi connectivity index (χ3v) is 5.97. The molecule has 31 heavy (non-hydrogen) atoms. The van der Waals surface area contributed by atoms with E-state index in [4.69, 9.17) is 16.3 Å². The maximum atomic E-state index is 13.1. The molecule has 3 rings (SSSR count). The molecule has 1 fully saturated rings. The molecule has 0 spiro atoms. The van der Waals surface area contributed by atoms with Gasteiger partial charge in [0.05, 0.1) is 6.04 Å². The van der Waals surface area contributed by atoms with Gasteiger partial charge in [0.2, 0.25) is 5.91 Å². The van der Waals surface area contributed by atoms with Crippen LogP contribution in [0.1, 0.15) is 63.3 Å². The Morgan fingerprint density at radius 2 is 1.87 bits per heavy atom. The van der Waals surface area contributed by atoms with E-state index in [9.17, 15) is 22.8 Å². The number of fused-ring (bicyclic) bond motifs is 1. The first-order valence-electron chi connectivity index (χ1n) is 10.4. The predicted octanol–water partition coefficient (Wildman–Crippen LogP) is 5.50. The number of likely N-dealkylation sites (tertiary alicyclic amines) is 1. The van der Waals surface area contributed by atoms with Gasteiger partial charge in [-0.15, -0.1) is 0 Å². The Bertz CT molecular complexity index is 867. The molecule has 2 atom stereocenters. The van der Waals surface area contributed by atoms with Gasteiger partial charge in [-0.05, 0) is 75.8 Å². The monoisotopic (exact) mass is 460 g/mol. The number of hydrogen-bond acceptors (Lipinski definition) is 3. The lowest BCUT2D eigenvalue weighted by atomic mass is 9.89. The standard InChI is InChI=1S/C22H28ClF3N2O3/c1-13(22(24,25)26)19(29)27-9-7-14-10-15(23)11-16(17(14)12-27)18-6-5-8-28(18)20(30)31-21(2,3)4/h10-11,13,18H,5-9,12H2,1-4H3/t13-,18+/m1/s1. The van der Waals surface area contributed by atoms with Crippen LogP contribution in [0.25, 0.3) is 0 Å². The van der Waals surface area contributed by atoms with Crippen LogP contribution in [0.15, 0.2) is 12.1 Å². The summed E-state index contributed by atoms with van der Waals surface area (Å²) >= 11 is 6.34. The molecule has 2 heterocycles. The van der Waals surface area contributed by atoms with E-state index in [1.165, 1.54) is 4.90 Å². The van der Waals surface area contributed by atoms with Gasteiger partial charge in [0, 0.05) is 24.7 Å². The maximum Gasteiger partial charge on any atom is 0.410 e. The van der Waals surface area contributed by atoms with Crippen molar-refractivity contribution in [2.24, 2.45) is 5.92 Å². The van der Waals surface area contributed by atoms with Crippen LogP contribution in [-0.2, 0) is 22.5 Å². The second-order valence-electron chi connectivity index (χ2n) is 9.24. The summed E-state index contributed by atoms with van der Waals surface area (Å²) in [6, 6.07) is 3.26.